The molecular formula is C16H24N2O2. The lowest BCUT2D eigenvalue weighted by Crippen LogP contribution is -2.36. The van der Waals surface area contributed by atoms with Crippen LogP contribution in [0.3, 0.4) is 0 Å². The van der Waals surface area contributed by atoms with E-state index in [2.05, 4.69) is 24.4 Å². The zero-order valence-corrected chi connectivity index (χ0v) is 12.1. The van der Waals surface area contributed by atoms with E-state index >= 15 is 0 Å². The predicted octanol–water partition coefficient (Wildman–Crippen LogP) is 2.54. The van der Waals surface area contributed by atoms with Gasteiger partial charge in [0.25, 0.3) is 0 Å². The first kappa shape index (κ1) is 13.7. The lowest BCUT2D eigenvalue weighted by atomic mass is 9.85. The number of hydrogen-bond donors (Lipinski definition) is 2. The molecule has 1 heterocycles. The van der Waals surface area contributed by atoms with Crippen LogP contribution in [0.25, 0.3) is 0 Å². The van der Waals surface area contributed by atoms with Gasteiger partial charge in [-0.15, -0.1) is 0 Å². The molecule has 20 heavy (non-hydrogen) atoms. The van der Waals surface area contributed by atoms with Gasteiger partial charge in [-0.25, -0.2) is 0 Å². The number of primary amides is 1. The third-order valence-electron chi connectivity index (χ3n) is 4.85. The molecule has 2 aliphatic carbocycles. The second-order valence-corrected chi connectivity index (χ2v) is 6.46. The Bertz CT molecular complexity index is 475. The Hall–Kier alpha value is -1.29. The summed E-state index contributed by atoms with van der Waals surface area (Å²) in [7, 11) is 0. The fourth-order valence-corrected chi connectivity index (χ4v) is 3.23. The van der Waals surface area contributed by atoms with Crippen LogP contribution in [0.15, 0.2) is 16.5 Å². The zero-order chi connectivity index (χ0) is 14.1. The molecular weight excluding hydrogens is 252 g/mol. The molecule has 0 bridgehead atoms. The van der Waals surface area contributed by atoms with Gasteiger partial charge in [0, 0.05) is 17.9 Å². The number of nitrogens with two attached hydrogens (primary N) is 1. The smallest absolute Gasteiger partial charge is 0.220 e. The second kappa shape index (κ2) is 5.60. The summed E-state index contributed by atoms with van der Waals surface area (Å²) in [6.07, 6.45) is 5.14. The number of rotatable bonds is 5. The van der Waals surface area contributed by atoms with E-state index in [0.717, 1.165) is 49.7 Å². The van der Waals surface area contributed by atoms with E-state index in [1.165, 1.54) is 6.42 Å². The van der Waals surface area contributed by atoms with Crippen LogP contribution in [0.2, 0.25) is 0 Å². The van der Waals surface area contributed by atoms with Crippen molar-refractivity contribution in [1.29, 1.82) is 0 Å². The number of carbonyl (C=O) groups is 1. The third kappa shape index (κ3) is 3.06. The minimum Gasteiger partial charge on any atom is -0.464 e. The van der Waals surface area contributed by atoms with Crippen LogP contribution < -0.4 is 11.1 Å². The number of amides is 1. The van der Waals surface area contributed by atoms with Crippen molar-refractivity contribution in [2.45, 2.75) is 57.5 Å². The van der Waals surface area contributed by atoms with E-state index < -0.39 is 0 Å². The van der Waals surface area contributed by atoms with Gasteiger partial charge >= 0.3 is 0 Å². The summed E-state index contributed by atoms with van der Waals surface area (Å²) < 4.78 is 5.89. The van der Waals surface area contributed by atoms with Crippen LogP contribution >= 0.6 is 0 Å². The van der Waals surface area contributed by atoms with Crippen LogP contribution in [0, 0.1) is 11.8 Å². The highest BCUT2D eigenvalue weighted by molar-refractivity contribution is 5.76. The van der Waals surface area contributed by atoms with Crippen LogP contribution in [0.5, 0.6) is 0 Å². The van der Waals surface area contributed by atoms with E-state index in [0.29, 0.717) is 12.0 Å². The first-order valence-electron chi connectivity index (χ1n) is 7.75. The Morgan fingerprint density at radius 3 is 2.65 bits per heavy atom. The Kier molecular flexibility index (Phi) is 3.83. The van der Waals surface area contributed by atoms with Crippen molar-refractivity contribution in [3.05, 3.63) is 23.7 Å². The Balaban J connectivity index is 1.43. The van der Waals surface area contributed by atoms with Crippen molar-refractivity contribution in [3.8, 4) is 0 Å². The summed E-state index contributed by atoms with van der Waals surface area (Å²) in [5.74, 6) is 3.54. The van der Waals surface area contributed by atoms with Gasteiger partial charge in [-0.3, -0.25) is 4.79 Å². The van der Waals surface area contributed by atoms with Crippen LogP contribution in [0.1, 0.15) is 56.5 Å². The quantitative estimate of drug-likeness (QED) is 0.868. The lowest BCUT2D eigenvalue weighted by molar-refractivity contribution is -0.122. The van der Waals surface area contributed by atoms with Crippen LogP contribution in [0.4, 0.5) is 0 Å². The van der Waals surface area contributed by atoms with Crippen molar-refractivity contribution in [2.24, 2.45) is 17.6 Å². The average molecular weight is 276 g/mol. The summed E-state index contributed by atoms with van der Waals surface area (Å²) in [4.78, 5) is 11.1. The third-order valence-corrected chi connectivity index (χ3v) is 4.85. The van der Waals surface area contributed by atoms with Crippen molar-refractivity contribution in [1.82, 2.24) is 5.32 Å². The Morgan fingerprint density at radius 1 is 1.35 bits per heavy atom. The molecule has 2 unspecified atom stereocenters. The highest BCUT2D eigenvalue weighted by Gasteiger charge is 2.36. The van der Waals surface area contributed by atoms with Gasteiger partial charge in [-0.1, -0.05) is 6.92 Å². The molecule has 4 heteroatoms. The lowest BCUT2D eigenvalue weighted by Gasteiger charge is -2.27. The largest absolute Gasteiger partial charge is 0.464 e. The molecule has 0 spiro atoms. The molecule has 0 saturated heterocycles. The van der Waals surface area contributed by atoms with Crippen LogP contribution in [-0.2, 0) is 11.3 Å². The van der Waals surface area contributed by atoms with Gasteiger partial charge in [0.05, 0.1) is 6.54 Å². The molecule has 2 fully saturated rings. The monoisotopic (exact) mass is 276 g/mol. The highest BCUT2D eigenvalue weighted by Crippen LogP contribution is 2.47. The molecule has 0 aromatic carbocycles. The molecule has 4 nitrogen and oxygen atoms in total. The molecule has 110 valence electrons. The zero-order valence-electron chi connectivity index (χ0n) is 12.1. The van der Waals surface area contributed by atoms with Crippen molar-refractivity contribution in [2.75, 3.05) is 0 Å². The normalized spacial score (nSPS) is 33.0. The van der Waals surface area contributed by atoms with E-state index in [1.807, 2.05) is 0 Å². The minimum absolute atomic E-state index is 0.0830. The molecule has 1 amide bonds. The molecule has 1 aromatic rings. The van der Waals surface area contributed by atoms with Gasteiger partial charge in [0.1, 0.15) is 11.5 Å². The highest BCUT2D eigenvalue weighted by atomic mass is 16.3. The van der Waals surface area contributed by atoms with Crippen LogP contribution in [-0.4, -0.2) is 11.9 Å². The first-order chi connectivity index (χ1) is 9.63. The topological polar surface area (TPSA) is 68.3 Å². The molecule has 1 aromatic heterocycles. The Labute approximate surface area is 120 Å². The maximum absolute atomic E-state index is 11.1. The van der Waals surface area contributed by atoms with Crippen molar-refractivity contribution < 1.29 is 9.21 Å². The molecule has 0 radical (unpaired) electrons. The van der Waals surface area contributed by atoms with E-state index in [4.69, 9.17) is 10.2 Å². The molecule has 2 atom stereocenters. The number of furan rings is 1. The molecule has 0 aliphatic heterocycles. The van der Waals surface area contributed by atoms with Gasteiger partial charge in [-0.2, -0.15) is 0 Å². The molecule has 2 aliphatic rings. The van der Waals surface area contributed by atoms with E-state index in [1.54, 1.807) is 0 Å². The predicted molar refractivity (Wildman–Crippen MR) is 77.0 cm³/mol. The summed E-state index contributed by atoms with van der Waals surface area (Å²) >= 11 is 0. The molecule has 2 saturated carbocycles. The van der Waals surface area contributed by atoms with E-state index in [9.17, 15) is 4.79 Å². The fourth-order valence-electron chi connectivity index (χ4n) is 3.23. The average Bonchev–Trinajstić information content (AvgIpc) is 3.00. The number of hydrogen-bond acceptors (Lipinski definition) is 3. The van der Waals surface area contributed by atoms with Crippen molar-refractivity contribution in [3.63, 3.8) is 0 Å². The SMILES string of the molecule is CC1CC1c1ccc(CNC2CCC(C(N)=O)CC2)o1. The first-order valence-corrected chi connectivity index (χ1v) is 7.75. The fraction of sp³-hybridized carbons (Fsp3) is 0.688. The van der Waals surface area contributed by atoms with Gasteiger partial charge in [0.2, 0.25) is 5.91 Å². The molecule has 3 rings (SSSR count). The van der Waals surface area contributed by atoms with Gasteiger partial charge in [-0.05, 0) is 50.2 Å². The maximum atomic E-state index is 11.1. The number of carbonyl (C=O) groups excluding carboxylic acids is 1. The van der Waals surface area contributed by atoms with Gasteiger partial charge < -0.3 is 15.5 Å². The summed E-state index contributed by atoms with van der Waals surface area (Å²) in [5, 5.41) is 3.54. The summed E-state index contributed by atoms with van der Waals surface area (Å²) in [6.45, 7) is 3.05. The second-order valence-electron chi connectivity index (χ2n) is 6.46. The summed E-state index contributed by atoms with van der Waals surface area (Å²) in [5.41, 5.74) is 5.35. The van der Waals surface area contributed by atoms with Crippen molar-refractivity contribution >= 4 is 5.91 Å². The Morgan fingerprint density at radius 2 is 2.05 bits per heavy atom. The standard InChI is InChI=1S/C16H24N2O2/c1-10-8-14(10)15-7-6-13(20-15)9-18-12-4-2-11(3-5-12)16(17)19/h6-7,10-12,14,18H,2-5,8-9H2,1H3,(H2,17,19). The molecule has 3 N–H and O–H groups in total. The van der Waals surface area contributed by atoms with E-state index in [-0.39, 0.29) is 11.8 Å². The summed E-state index contributed by atoms with van der Waals surface area (Å²) in [6, 6.07) is 4.69. The number of nitrogens with one attached hydrogen (secondary N) is 1. The van der Waals surface area contributed by atoms with Gasteiger partial charge in [0.15, 0.2) is 0 Å². The minimum atomic E-state index is -0.141. The maximum Gasteiger partial charge on any atom is 0.220 e.